The lowest BCUT2D eigenvalue weighted by molar-refractivity contribution is 0.456. The second kappa shape index (κ2) is 4.32. The average molecular weight is 268 g/mol. The molecule has 2 N–H and O–H groups in total. The fourth-order valence-electron chi connectivity index (χ4n) is 5.60. The summed E-state index contributed by atoms with van der Waals surface area (Å²) < 4.78 is 0. The molecule has 4 atom stereocenters. The van der Waals surface area contributed by atoms with Crippen LogP contribution in [0.25, 0.3) is 0 Å². The summed E-state index contributed by atoms with van der Waals surface area (Å²) in [6.45, 7) is 3.30. The molecule has 20 heavy (non-hydrogen) atoms. The molecule has 4 unspecified atom stereocenters. The monoisotopic (exact) mass is 268 g/mol. The van der Waals surface area contributed by atoms with Crippen LogP contribution in [0.1, 0.15) is 36.0 Å². The Morgan fingerprint density at radius 2 is 2.00 bits per heavy atom. The minimum Gasteiger partial charge on any atom is -0.312 e. The number of rotatable bonds is 3. The van der Waals surface area contributed by atoms with Gasteiger partial charge in [-0.15, -0.1) is 0 Å². The second-order valence-electron chi connectivity index (χ2n) is 7.38. The summed E-state index contributed by atoms with van der Waals surface area (Å²) in [5.41, 5.74) is 4.69. The molecule has 0 amide bonds. The molecule has 3 fully saturated rings. The van der Waals surface area contributed by atoms with E-state index in [1.807, 2.05) is 0 Å². The van der Waals surface area contributed by atoms with Crippen LogP contribution in [0.4, 0.5) is 0 Å². The third kappa shape index (κ3) is 1.64. The maximum absolute atomic E-state index is 3.91. The van der Waals surface area contributed by atoms with Crippen LogP contribution in [0.15, 0.2) is 18.2 Å². The Morgan fingerprint density at radius 3 is 2.85 bits per heavy atom. The zero-order chi connectivity index (χ0) is 13.1. The van der Waals surface area contributed by atoms with Crippen molar-refractivity contribution in [3.63, 3.8) is 0 Å². The summed E-state index contributed by atoms with van der Waals surface area (Å²) in [6, 6.07) is 7.72. The number of fused-ring (bicyclic) bond motifs is 6. The van der Waals surface area contributed by atoms with E-state index in [1.54, 1.807) is 17.5 Å². The molecule has 2 nitrogen and oxygen atoms in total. The van der Waals surface area contributed by atoms with Gasteiger partial charge >= 0.3 is 0 Å². The van der Waals surface area contributed by atoms with Gasteiger partial charge in [-0.25, -0.2) is 0 Å². The predicted molar refractivity (Wildman–Crippen MR) is 80.3 cm³/mol. The molecule has 0 aromatic heterocycles. The zero-order valence-electron chi connectivity index (χ0n) is 12.1. The Balaban J connectivity index is 1.29. The molecule has 0 saturated heterocycles. The normalized spacial score (nSPS) is 40.5. The van der Waals surface area contributed by atoms with Crippen LogP contribution in [0, 0.1) is 23.7 Å². The maximum Gasteiger partial charge on any atom is 0.0211 e. The van der Waals surface area contributed by atoms with Gasteiger partial charge in [0.15, 0.2) is 0 Å². The van der Waals surface area contributed by atoms with E-state index in [-0.39, 0.29) is 0 Å². The Bertz CT molecular complexity index is 522. The summed E-state index contributed by atoms with van der Waals surface area (Å²) >= 11 is 0. The van der Waals surface area contributed by atoms with Crippen molar-refractivity contribution in [2.75, 3.05) is 6.54 Å². The van der Waals surface area contributed by atoms with E-state index in [4.69, 9.17) is 0 Å². The molecule has 5 rings (SSSR count). The first-order valence-corrected chi connectivity index (χ1v) is 8.45. The van der Waals surface area contributed by atoms with Crippen molar-refractivity contribution in [3.05, 3.63) is 34.9 Å². The number of hydrogen-bond acceptors (Lipinski definition) is 2. The van der Waals surface area contributed by atoms with E-state index < -0.39 is 0 Å². The van der Waals surface area contributed by atoms with E-state index in [2.05, 4.69) is 28.8 Å². The Labute approximate surface area is 121 Å². The number of hydrogen-bond donors (Lipinski definition) is 2. The molecule has 0 spiro atoms. The van der Waals surface area contributed by atoms with Gasteiger partial charge in [-0.05, 0) is 72.6 Å². The molecular weight excluding hydrogens is 244 g/mol. The molecule has 1 heterocycles. The average Bonchev–Trinajstić information content (AvgIpc) is 2.88. The molecule has 4 aliphatic rings. The van der Waals surface area contributed by atoms with Crippen molar-refractivity contribution in [3.8, 4) is 0 Å². The van der Waals surface area contributed by atoms with Gasteiger partial charge in [-0.1, -0.05) is 18.2 Å². The molecule has 3 saturated carbocycles. The van der Waals surface area contributed by atoms with Gasteiger partial charge in [-0.3, -0.25) is 0 Å². The van der Waals surface area contributed by atoms with E-state index in [1.165, 1.54) is 24.8 Å². The van der Waals surface area contributed by atoms with Crippen LogP contribution in [-0.2, 0) is 19.5 Å². The zero-order valence-corrected chi connectivity index (χ0v) is 12.1. The molecule has 106 valence electrons. The quantitative estimate of drug-likeness (QED) is 0.880. The van der Waals surface area contributed by atoms with Crippen LogP contribution in [0.2, 0.25) is 0 Å². The highest BCUT2D eigenvalue weighted by Crippen LogP contribution is 2.65. The Kier molecular flexibility index (Phi) is 2.54. The Hall–Kier alpha value is -0.860. The fourth-order valence-corrected chi connectivity index (χ4v) is 5.60. The predicted octanol–water partition coefficient (Wildman–Crippen LogP) is 2.47. The van der Waals surface area contributed by atoms with Crippen LogP contribution in [0.3, 0.4) is 0 Å². The van der Waals surface area contributed by atoms with Gasteiger partial charge in [0.05, 0.1) is 0 Å². The summed E-state index contributed by atoms with van der Waals surface area (Å²) in [5.74, 6) is 4.26. The summed E-state index contributed by atoms with van der Waals surface area (Å²) in [7, 11) is 0. The highest BCUT2D eigenvalue weighted by Gasteiger charge is 2.64. The van der Waals surface area contributed by atoms with Crippen molar-refractivity contribution in [1.29, 1.82) is 0 Å². The lowest BCUT2D eigenvalue weighted by Crippen LogP contribution is -2.27. The minimum atomic E-state index is 0.860. The number of benzene rings is 1. The highest BCUT2D eigenvalue weighted by atomic mass is 15.0. The topological polar surface area (TPSA) is 24.1 Å². The lowest BCUT2D eigenvalue weighted by atomic mass is 9.95. The number of nitrogens with one attached hydrogen (secondary N) is 2. The smallest absolute Gasteiger partial charge is 0.0211 e. The van der Waals surface area contributed by atoms with Gasteiger partial charge in [0.2, 0.25) is 0 Å². The molecule has 2 heteroatoms. The largest absolute Gasteiger partial charge is 0.312 e. The van der Waals surface area contributed by atoms with Crippen LogP contribution < -0.4 is 10.6 Å². The molecule has 1 aliphatic heterocycles. The van der Waals surface area contributed by atoms with Crippen molar-refractivity contribution in [1.82, 2.24) is 10.6 Å². The molecule has 1 aromatic rings. The lowest BCUT2D eigenvalue weighted by Gasteiger charge is -2.21. The van der Waals surface area contributed by atoms with Crippen molar-refractivity contribution < 1.29 is 0 Å². The first-order chi connectivity index (χ1) is 9.92. The third-order valence-corrected chi connectivity index (χ3v) is 6.50. The molecule has 0 radical (unpaired) electrons. The van der Waals surface area contributed by atoms with E-state index in [0.29, 0.717) is 0 Å². The molecule has 1 aromatic carbocycles. The molecule has 3 aliphatic carbocycles. The SMILES string of the molecule is c1cc2c(c(CNC3C4C5CCC(C5)C34)c1)CCNC2. The highest BCUT2D eigenvalue weighted by molar-refractivity contribution is 5.37. The molecule has 2 bridgehead atoms. The first-order valence-electron chi connectivity index (χ1n) is 8.45. The van der Waals surface area contributed by atoms with Gasteiger partial charge in [0.25, 0.3) is 0 Å². The summed E-state index contributed by atoms with van der Waals surface area (Å²) in [5, 5.41) is 7.38. The first kappa shape index (κ1) is 11.8. The second-order valence-corrected chi connectivity index (χ2v) is 7.38. The van der Waals surface area contributed by atoms with Crippen LogP contribution in [-0.4, -0.2) is 12.6 Å². The van der Waals surface area contributed by atoms with Gasteiger partial charge < -0.3 is 10.6 Å². The Morgan fingerprint density at radius 1 is 1.15 bits per heavy atom. The van der Waals surface area contributed by atoms with Gasteiger partial charge in [0.1, 0.15) is 0 Å². The summed E-state index contributed by atoms with van der Waals surface area (Å²) in [6.07, 6.45) is 5.81. The van der Waals surface area contributed by atoms with Crippen molar-refractivity contribution in [2.24, 2.45) is 23.7 Å². The van der Waals surface area contributed by atoms with Gasteiger partial charge in [-0.2, -0.15) is 0 Å². The van der Waals surface area contributed by atoms with Crippen LogP contribution >= 0.6 is 0 Å². The fraction of sp³-hybridized carbons (Fsp3) is 0.667. The van der Waals surface area contributed by atoms with Gasteiger partial charge in [0, 0.05) is 19.1 Å². The van der Waals surface area contributed by atoms with E-state index in [9.17, 15) is 0 Å². The van der Waals surface area contributed by atoms with E-state index in [0.717, 1.165) is 49.3 Å². The third-order valence-electron chi connectivity index (χ3n) is 6.50. The van der Waals surface area contributed by atoms with Crippen molar-refractivity contribution >= 4 is 0 Å². The van der Waals surface area contributed by atoms with Crippen molar-refractivity contribution in [2.45, 2.75) is 44.8 Å². The maximum atomic E-state index is 3.91. The minimum absolute atomic E-state index is 0.860. The van der Waals surface area contributed by atoms with E-state index >= 15 is 0 Å². The molecular formula is C18H24N2. The summed E-state index contributed by atoms with van der Waals surface area (Å²) in [4.78, 5) is 0. The standard InChI is InChI=1S/C18H24N2/c1-2-13-9-19-7-6-15(13)14(3-1)10-20-18-16-11-4-5-12(8-11)17(16)18/h1-3,11-12,16-20H,4-10H2. The van der Waals surface area contributed by atoms with Crippen LogP contribution in [0.5, 0.6) is 0 Å².